The molecule has 3 fully saturated rings. The van der Waals surface area contributed by atoms with Crippen LogP contribution in [0.15, 0.2) is 0 Å². The molecular formula is C26H44N2O5. The van der Waals surface area contributed by atoms with Crippen molar-refractivity contribution >= 4 is 18.0 Å². The van der Waals surface area contributed by atoms with E-state index in [1.807, 2.05) is 20.8 Å². The summed E-state index contributed by atoms with van der Waals surface area (Å²) in [4.78, 5) is 41.1. The topological polar surface area (TPSA) is 84.9 Å². The second-order valence-corrected chi connectivity index (χ2v) is 11.2. The normalized spacial score (nSPS) is 23.9. The predicted octanol–water partition coefficient (Wildman–Crippen LogP) is 4.82. The first-order chi connectivity index (χ1) is 15.7. The lowest BCUT2D eigenvalue weighted by Gasteiger charge is -2.43. The number of ether oxygens (including phenoxy) is 2. The lowest BCUT2D eigenvalue weighted by atomic mass is 9.66. The number of hydrogen-bond donors (Lipinski definition) is 1. The standard InChI is InChI=1S/C26H44N2O5/c1-26(2,3)33-25(31)27-22(23(29)28-17-11-16-20(28)24(30)32-4)21(18-12-7-5-8-13-18)19-14-9-6-10-15-19/h18-22H,5-17H2,1-4H3,(H,27,31)/t20-,22+/m0/s1. The molecule has 1 N–H and O–H groups in total. The highest BCUT2D eigenvalue weighted by Gasteiger charge is 2.46. The highest BCUT2D eigenvalue weighted by molar-refractivity contribution is 5.90. The second-order valence-electron chi connectivity index (χ2n) is 11.2. The smallest absolute Gasteiger partial charge is 0.408 e. The zero-order chi connectivity index (χ0) is 24.0. The molecule has 0 aromatic rings. The van der Waals surface area contributed by atoms with E-state index in [-0.39, 0.29) is 17.8 Å². The predicted molar refractivity (Wildman–Crippen MR) is 127 cm³/mol. The van der Waals surface area contributed by atoms with Gasteiger partial charge in [-0.2, -0.15) is 0 Å². The molecular weight excluding hydrogens is 420 g/mol. The lowest BCUT2D eigenvalue weighted by molar-refractivity contribution is -0.152. The van der Waals surface area contributed by atoms with Crippen molar-refractivity contribution in [2.24, 2.45) is 17.8 Å². The fourth-order valence-electron chi connectivity index (χ4n) is 6.31. The molecule has 0 spiro atoms. The van der Waals surface area contributed by atoms with Crippen LogP contribution in [0.25, 0.3) is 0 Å². The van der Waals surface area contributed by atoms with Crippen molar-refractivity contribution < 1.29 is 23.9 Å². The molecule has 3 aliphatic rings. The zero-order valence-electron chi connectivity index (χ0n) is 21.1. The molecule has 188 valence electrons. The van der Waals surface area contributed by atoms with Gasteiger partial charge < -0.3 is 19.7 Å². The van der Waals surface area contributed by atoms with Gasteiger partial charge in [0.15, 0.2) is 0 Å². The van der Waals surface area contributed by atoms with Crippen LogP contribution in [0, 0.1) is 17.8 Å². The van der Waals surface area contributed by atoms with Crippen molar-refractivity contribution in [2.75, 3.05) is 13.7 Å². The monoisotopic (exact) mass is 464 g/mol. The summed E-state index contributed by atoms with van der Waals surface area (Å²) in [6.07, 6.45) is 12.4. The van der Waals surface area contributed by atoms with Crippen LogP contribution < -0.4 is 5.32 Å². The van der Waals surface area contributed by atoms with Crippen LogP contribution in [0.4, 0.5) is 4.79 Å². The molecule has 33 heavy (non-hydrogen) atoms. The molecule has 2 aliphatic carbocycles. The number of esters is 1. The summed E-state index contributed by atoms with van der Waals surface area (Å²) in [5, 5.41) is 3.02. The van der Waals surface area contributed by atoms with Crippen LogP contribution in [0.1, 0.15) is 97.8 Å². The Hall–Kier alpha value is -1.79. The van der Waals surface area contributed by atoms with Crippen molar-refractivity contribution in [2.45, 2.75) is 116 Å². The molecule has 1 aliphatic heterocycles. The van der Waals surface area contributed by atoms with Crippen LogP contribution in [-0.2, 0) is 19.1 Å². The number of carbonyl (C=O) groups excluding carboxylic acids is 3. The molecule has 0 bridgehead atoms. The minimum absolute atomic E-state index is 0.0736. The molecule has 7 heteroatoms. The van der Waals surface area contributed by atoms with Crippen LogP contribution in [0.5, 0.6) is 0 Å². The Labute approximate surface area is 199 Å². The van der Waals surface area contributed by atoms with E-state index in [1.54, 1.807) is 4.90 Å². The van der Waals surface area contributed by atoms with Gasteiger partial charge in [0.25, 0.3) is 0 Å². The summed E-state index contributed by atoms with van der Waals surface area (Å²) in [7, 11) is 1.37. The van der Waals surface area contributed by atoms with Gasteiger partial charge in [-0.25, -0.2) is 9.59 Å². The summed E-state index contributed by atoms with van der Waals surface area (Å²) in [5.41, 5.74) is -0.648. The fourth-order valence-corrected chi connectivity index (χ4v) is 6.31. The first-order valence-electron chi connectivity index (χ1n) is 13.1. The summed E-state index contributed by atoms with van der Waals surface area (Å²) < 4.78 is 10.6. The molecule has 2 amide bonds. The van der Waals surface area contributed by atoms with Gasteiger partial charge in [-0.05, 0) is 51.4 Å². The van der Waals surface area contributed by atoms with Gasteiger partial charge in [0.05, 0.1) is 7.11 Å². The Morgan fingerprint density at radius 2 is 1.39 bits per heavy atom. The molecule has 0 radical (unpaired) electrons. The van der Waals surface area contributed by atoms with E-state index >= 15 is 0 Å². The molecule has 3 rings (SSSR count). The van der Waals surface area contributed by atoms with E-state index in [0.29, 0.717) is 24.8 Å². The van der Waals surface area contributed by atoms with Crippen molar-refractivity contribution in [3.8, 4) is 0 Å². The Kier molecular flexibility index (Phi) is 9.05. The van der Waals surface area contributed by atoms with Crippen molar-refractivity contribution in [1.29, 1.82) is 0 Å². The van der Waals surface area contributed by atoms with Crippen LogP contribution in [-0.4, -0.2) is 54.2 Å². The molecule has 1 heterocycles. The number of rotatable bonds is 6. The molecule has 0 aromatic carbocycles. The summed E-state index contributed by atoms with van der Waals surface area (Å²) in [6, 6.07) is -1.24. The van der Waals surface area contributed by atoms with E-state index < -0.39 is 23.8 Å². The van der Waals surface area contributed by atoms with Gasteiger partial charge in [0, 0.05) is 6.54 Å². The molecule has 2 saturated carbocycles. The fraction of sp³-hybridized carbons (Fsp3) is 0.885. The van der Waals surface area contributed by atoms with Gasteiger partial charge in [-0.3, -0.25) is 4.79 Å². The van der Waals surface area contributed by atoms with Gasteiger partial charge in [-0.15, -0.1) is 0 Å². The van der Waals surface area contributed by atoms with E-state index in [9.17, 15) is 14.4 Å². The van der Waals surface area contributed by atoms with Crippen LogP contribution in [0.3, 0.4) is 0 Å². The minimum atomic E-state index is -0.670. The molecule has 0 unspecified atom stereocenters. The number of methoxy groups -OCH3 is 1. The van der Waals surface area contributed by atoms with Gasteiger partial charge >= 0.3 is 12.1 Å². The number of hydrogen-bond acceptors (Lipinski definition) is 5. The van der Waals surface area contributed by atoms with Gasteiger partial charge in [0.1, 0.15) is 17.7 Å². The Morgan fingerprint density at radius 3 is 1.88 bits per heavy atom. The summed E-state index contributed by atoms with van der Waals surface area (Å²) in [5.74, 6) is 0.373. The second kappa shape index (κ2) is 11.6. The largest absolute Gasteiger partial charge is 0.467 e. The first kappa shape index (κ1) is 25.8. The van der Waals surface area contributed by atoms with E-state index in [2.05, 4.69) is 5.32 Å². The van der Waals surface area contributed by atoms with Crippen molar-refractivity contribution in [3.63, 3.8) is 0 Å². The highest BCUT2D eigenvalue weighted by Crippen LogP contribution is 2.42. The average Bonchev–Trinajstić information content (AvgIpc) is 3.28. The quantitative estimate of drug-likeness (QED) is 0.570. The summed E-state index contributed by atoms with van der Waals surface area (Å²) >= 11 is 0. The van der Waals surface area contributed by atoms with Crippen molar-refractivity contribution in [3.05, 3.63) is 0 Å². The maximum atomic E-state index is 14.1. The maximum absolute atomic E-state index is 14.1. The zero-order valence-corrected chi connectivity index (χ0v) is 21.1. The third-order valence-corrected chi connectivity index (χ3v) is 7.72. The highest BCUT2D eigenvalue weighted by atomic mass is 16.6. The Balaban J connectivity index is 1.92. The molecule has 2 atom stereocenters. The van der Waals surface area contributed by atoms with E-state index in [4.69, 9.17) is 9.47 Å². The number of likely N-dealkylation sites (tertiary alicyclic amines) is 1. The number of carbonyl (C=O) groups is 3. The van der Waals surface area contributed by atoms with E-state index in [1.165, 1.54) is 45.6 Å². The lowest BCUT2D eigenvalue weighted by Crippen LogP contribution is -2.58. The third-order valence-electron chi connectivity index (χ3n) is 7.72. The number of amides is 2. The number of nitrogens with zero attached hydrogens (tertiary/aromatic N) is 1. The van der Waals surface area contributed by atoms with E-state index in [0.717, 1.165) is 32.1 Å². The SMILES string of the molecule is COC(=O)[C@@H]1CCCN1C(=O)[C@H](NC(=O)OC(C)(C)C)C(C1CCCCC1)C1CCCCC1. The maximum Gasteiger partial charge on any atom is 0.408 e. The first-order valence-corrected chi connectivity index (χ1v) is 13.1. The number of alkyl carbamates (subject to hydrolysis) is 1. The molecule has 0 aromatic heterocycles. The minimum Gasteiger partial charge on any atom is -0.467 e. The van der Waals surface area contributed by atoms with Gasteiger partial charge in [-0.1, -0.05) is 64.2 Å². The van der Waals surface area contributed by atoms with Crippen LogP contribution >= 0.6 is 0 Å². The molecule has 7 nitrogen and oxygen atoms in total. The third kappa shape index (κ3) is 6.86. The van der Waals surface area contributed by atoms with Crippen LogP contribution in [0.2, 0.25) is 0 Å². The number of nitrogens with one attached hydrogen (secondary N) is 1. The van der Waals surface area contributed by atoms with Gasteiger partial charge in [0.2, 0.25) is 5.91 Å². The average molecular weight is 465 g/mol. The summed E-state index contributed by atoms with van der Waals surface area (Å²) in [6.45, 7) is 6.01. The Morgan fingerprint density at radius 1 is 0.848 bits per heavy atom. The Bertz CT molecular complexity index is 659. The molecule has 1 saturated heterocycles. The van der Waals surface area contributed by atoms with Crippen molar-refractivity contribution in [1.82, 2.24) is 10.2 Å².